The molecule has 0 N–H and O–H groups in total. The lowest BCUT2D eigenvalue weighted by Crippen LogP contribution is -2.32. The third-order valence-electron chi connectivity index (χ3n) is 7.63. The molecule has 40 heavy (non-hydrogen) atoms. The van der Waals surface area contributed by atoms with Gasteiger partial charge in [-0.05, 0) is 48.5 Å². The van der Waals surface area contributed by atoms with Crippen LogP contribution in [0.2, 0.25) is 0 Å². The van der Waals surface area contributed by atoms with Crippen LogP contribution in [0.1, 0.15) is 37.4 Å². The lowest BCUT2D eigenvalue weighted by molar-refractivity contribution is 0.0974. The molecular formula is C35H28O4P+. The molecule has 5 aromatic carbocycles. The normalized spacial score (nSPS) is 12.4. The molecule has 0 unspecified atom stereocenters. The molecule has 0 aromatic heterocycles. The van der Waals surface area contributed by atoms with Gasteiger partial charge >= 0.3 is 0 Å². The van der Waals surface area contributed by atoms with Crippen molar-refractivity contribution in [3.8, 4) is 11.5 Å². The molecule has 0 fully saturated rings. The number of hydrogen-bond donors (Lipinski definition) is 0. The second kappa shape index (κ2) is 10.6. The summed E-state index contributed by atoms with van der Waals surface area (Å²) in [5.41, 5.74) is 2.17. The Bertz CT molecular complexity index is 1620. The molecule has 5 heteroatoms. The first-order valence-electron chi connectivity index (χ1n) is 13.1. The van der Waals surface area contributed by atoms with E-state index in [1.807, 2.05) is 24.3 Å². The van der Waals surface area contributed by atoms with Crippen molar-refractivity contribution in [2.24, 2.45) is 0 Å². The van der Waals surface area contributed by atoms with Crippen molar-refractivity contribution in [2.75, 3.05) is 14.2 Å². The molecular weight excluding hydrogens is 515 g/mol. The fourth-order valence-corrected chi connectivity index (χ4v) is 10.1. The minimum absolute atomic E-state index is 0.205. The van der Waals surface area contributed by atoms with Gasteiger partial charge in [0.05, 0.1) is 25.3 Å². The number of rotatable bonds is 7. The van der Waals surface area contributed by atoms with Crippen LogP contribution in [-0.2, 0) is 6.16 Å². The van der Waals surface area contributed by atoms with Crippen molar-refractivity contribution in [3.05, 3.63) is 149 Å². The minimum Gasteiger partial charge on any atom is -0.496 e. The largest absolute Gasteiger partial charge is 0.496 e. The van der Waals surface area contributed by atoms with Crippen LogP contribution in [0.5, 0.6) is 11.5 Å². The van der Waals surface area contributed by atoms with Crippen molar-refractivity contribution < 1.29 is 19.1 Å². The molecule has 0 heterocycles. The van der Waals surface area contributed by atoms with E-state index < -0.39 is 7.26 Å². The Balaban J connectivity index is 1.61. The van der Waals surface area contributed by atoms with Gasteiger partial charge in [-0.25, -0.2) is 0 Å². The summed E-state index contributed by atoms with van der Waals surface area (Å²) < 4.78 is 11.5. The fourth-order valence-electron chi connectivity index (χ4n) is 5.82. The molecule has 196 valence electrons. The molecule has 0 spiro atoms. The molecule has 1 aliphatic rings. The lowest BCUT2D eigenvalue weighted by atomic mass is 9.82. The van der Waals surface area contributed by atoms with Crippen LogP contribution >= 0.6 is 7.26 Å². The second-order valence-corrected chi connectivity index (χ2v) is 13.2. The standard InChI is InChI=1S/C35H28O4P/c1-38-30-20-12-19-28-31(30)34(37)32-29(33(28)36)22-21-24(35(32)39-2)23-40(25-13-6-3-7-14-25,26-15-8-4-9-16-26)27-17-10-5-11-18-27/h3-22H,23H2,1-2H3/q+1. The van der Waals surface area contributed by atoms with Crippen molar-refractivity contribution in [3.63, 3.8) is 0 Å². The number of ether oxygens (including phenoxy) is 2. The minimum atomic E-state index is -2.27. The molecule has 0 saturated carbocycles. The predicted molar refractivity (Wildman–Crippen MR) is 162 cm³/mol. The second-order valence-electron chi connectivity index (χ2n) is 9.70. The van der Waals surface area contributed by atoms with Gasteiger partial charge in [-0.15, -0.1) is 0 Å². The van der Waals surface area contributed by atoms with Crippen LogP contribution in [0, 0.1) is 0 Å². The van der Waals surface area contributed by atoms with Crippen molar-refractivity contribution in [2.45, 2.75) is 6.16 Å². The van der Waals surface area contributed by atoms with Crippen molar-refractivity contribution in [1.82, 2.24) is 0 Å². The van der Waals surface area contributed by atoms with Gasteiger partial charge in [-0.2, -0.15) is 0 Å². The Morgan fingerprint density at radius 3 is 1.55 bits per heavy atom. The predicted octanol–water partition coefficient (Wildman–Crippen LogP) is 5.97. The van der Waals surface area contributed by atoms with Gasteiger partial charge in [0.25, 0.3) is 0 Å². The summed E-state index contributed by atoms with van der Waals surface area (Å²) in [6.07, 6.45) is 0.613. The van der Waals surface area contributed by atoms with E-state index in [-0.39, 0.29) is 17.1 Å². The Kier molecular flexibility index (Phi) is 6.79. The Hall–Kier alpha value is -4.53. The number of carbonyl (C=O) groups is 2. The number of methoxy groups -OCH3 is 2. The SMILES string of the molecule is COc1cccc2c1C(=O)c1c(ccc(C[P+](c3ccccc3)(c3ccccc3)c3ccccc3)c1OC)C2=O. The zero-order chi connectivity index (χ0) is 27.7. The van der Waals surface area contributed by atoms with Crippen molar-refractivity contribution >= 4 is 34.7 Å². The average molecular weight is 544 g/mol. The maximum Gasteiger partial charge on any atom is 0.201 e. The van der Waals surface area contributed by atoms with Crippen LogP contribution in [-0.4, -0.2) is 25.8 Å². The zero-order valence-corrected chi connectivity index (χ0v) is 23.2. The summed E-state index contributed by atoms with van der Waals surface area (Å²) in [5.74, 6) is 0.362. The third-order valence-corrected chi connectivity index (χ3v) is 12.0. The molecule has 0 bridgehead atoms. The molecule has 0 aliphatic heterocycles. The summed E-state index contributed by atoms with van der Waals surface area (Å²) in [6, 6.07) is 40.5. The fraction of sp³-hybridized carbons (Fsp3) is 0.0857. The molecule has 0 radical (unpaired) electrons. The first-order valence-corrected chi connectivity index (χ1v) is 15.1. The van der Waals surface area contributed by atoms with E-state index in [0.29, 0.717) is 34.4 Å². The van der Waals surface area contributed by atoms with Crippen LogP contribution in [0.3, 0.4) is 0 Å². The molecule has 4 nitrogen and oxygen atoms in total. The van der Waals surface area contributed by atoms with Crippen molar-refractivity contribution in [1.29, 1.82) is 0 Å². The van der Waals surface area contributed by atoms with Crippen LogP contribution in [0.25, 0.3) is 0 Å². The molecule has 5 aromatic rings. The summed E-state index contributed by atoms with van der Waals surface area (Å²) in [4.78, 5) is 27.6. The zero-order valence-electron chi connectivity index (χ0n) is 22.3. The van der Waals surface area contributed by atoms with Gasteiger partial charge < -0.3 is 9.47 Å². The maximum atomic E-state index is 14.0. The van der Waals surface area contributed by atoms with Crippen LogP contribution in [0.4, 0.5) is 0 Å². The highest BCUT2D eigenvalue weighted by Crippen LogP contribution is 2.59. The van der Waals surface area contributed by atoms with Gasteiger partial charge in [0.1, 0.15) is 40.8 Å². The van der Waals surface area contributed by atoms with E-state index in [0.717, 1.165) is 5.56 Å². The van der Waals surface area contributed by atoms with Gasteiger partial charge in [0, 0.05) is 16.7 Å². The Morgan fingerprint density at radius 1 is 0.525 bits per heavy atom. The summed E-state index contributed by atoms with van der Waals surface area (Å²) in [6.45, 7) is 0. The smallest absolute Gasteiger partial charge is 0.201 e. The van der Waals surface area contributed by atoms with E-state index in [1.165, 1.54) is 23.0 Å². The number of benzene rings is 5. The summed E-state index contributed by atoms with van der Waals surface area (Å²) in [7, 11) is 0.812. The average Bonchev–Trinajstić information content (AvgIpc) is 3.03. The molecule has 1 aliphatic carbocycles. The van der Waals surface area contributed by atoms with E-state index in [4.69, 9.17) is 9.47 Å². The van der Waals surface area contributed by atoms with E-state index in [2.05, 4.69) is 72.8 Å². The number of hydrogen-bond acceptors (Lipinski definition) is 4. The Morgan fingerprint density at radius 2 is 1.05 bits per heavy atom. The molecule has 0 amide bonds. The van der Waals surface area contributed by atoms with E-state index in [1.54, 1.807) is 31.4 Å². The first-order chi connectivity index (χ1) is 19.6. The Labute approximate surface area is 234 Å². The number of fused-ring (bicyclic) bond motifs is 2. The highest BCUT2D eigenvalue weighted by molar-refractivity contribution is 7.95. The third kappa shape index (κ3) is 4.04. The number of carbonyl (C=O) groups excluding carboxylic acids is 2. The molecule has 6 rings (SSSR count). The maximum absolute atomic E-state index is 14.0. The molecule has 0 saturated heterocycles. The topological polar surface area (TPSA) is 52.6 Å². The summed E-state index contributed by atoms with van der Waals surface area (Å²) >= 11 is 0. The molecule has 0 atom stereocenters. The van der Waals surface area contributed by atoms with E-state index >= 15 is 0 Å². The van der Waals surface area contributed by atoms with Crippen LogP contribution in [0.15, 0.2) is 121 Å². The lowest BCUT2D eigenvalue weighted by Gasteiger charge is -2.29. The van der Waals surface area contributed by atoms with Crippen LogP contribution < -0.4 is 25.4 Å². The summed E-state index contributed by atoms with van der Waals surface area (Å²) in [5, 5.41) is 3.67. The van der Waals surface area contributed by atoms with Gasteiger partial charge in [-0.1, -0.05) is 72.8 Å². The monoisotopic (exact) mass is 543 g/mol. The van der Waals surface area contributed by atoms with Gasteiger partial charge in [-0.3, -0.25) is 9.59 Å². The number of ketones is 2. The highest BCUT2D eigenvalue weighted by atomic mass is 31.2. The highest BCUT2D eigenvalue weighted by Gasteiger charge is 2.47. The first kappa shape index (κ1) is 25.7. The van der Waals surface area contributed by atoms with E-state index in [9.17, 15) is 9.59 Å². The van der Waals surface area contributed by atoms with Gasteiger partial charge in [0.2, 0.25) is 5.78 Å². The quantitative estimate of drug-likeness (QED) is 0.233. The van der Waals surface area contributed by atoms with Gasteiger partial charge in [0.15, 0.2) is 5.78 Å².